The van der Waals surface area contributed by atoms with Gasteiger partial charge < -0.3 is 0 Å². The fourth-order valence-electron chi connectivity index (χ4n) is 3.51. The van der Waals surface area contributed by atoms with Crippen LogP contribution in [-0.4, -0.2) is 19.5 Å². The van der Waals surface area contributed by atoms with Crippen molar-refractivity contribution in [2.45, 2.75) is 18.2 Å². The average molecular weight is 377 g/mol. The predicted octanol–water partition coefficient (Wildman–Crippen LogP) is 4.14. The Morgan fingerprint density at radius 3 is 1.96 bits per heavy atom. The van der Waals surface area contributed by atoms with Crippen LogP contribution in [-0.2, 0) is 10.0 Å². The molecule has 0 saturated carbocycles. The number of hydrogen-bond donors (Lipinski definition) is 0. The maximum atomic E-state index is 13.1. The quantitative estimate of drug-likeness (QED) is 0.642. The van der Waals surface area contributed by atoms with Gasteiger partial charge in [-0.05, 0) is 24.6 Å². The predicted molar refractivity (Wildman–Crippen MR) is 106 cm³/mol. The first-order valence-electron chi connectivity index (χ1n) is 8.74. The molecule has 1 aliphatic rings. The zero-order chi connectivity index (χ0) is 19.0. The van der Waals surface area contributed by atoms with Crippen LogP contribution in [0.15, 0.2) is 84.9 Å². The second kappa shape index (κ2) is 6.67. The summed E-state index contributed by atoms with van der Waals surface area (Å²) in [7, 11) is -3.79. The molecule has 5 heteroatoms. The molecule has 0 amide bonds. The van der Waals surface area contributed by atoms with Gasteiger partial charge in [-0.15, -0.1) is 0 Å². The van der Waals surface area contributed by atoms with E-state index in [4.69, 9.17) is 0 Å². The number of Topliss-reactive ketones (excluding diaryl/α,β-unsaturated/α-hetero) is 1. The Morgan fingerprint density at radius 1 is 0.815 bits per heavy atom. The van der Waals surface area contributed by atoms with Crippen LogP contribution in [0.2, 0.25) is 0 Å². The Kier molecular flexibility index (Phi) is 4.32. The Balaban J connectivity index is 1.81. The number of nitrogens with zero attached hydrogens (tertiary/aromatic N) is 1. The molecule has 1 fully saturated rings. The fourth-order valence-corrected chi connectivity index (χ4v) is 5.55. The molecule has 1 aliphatic heterocycles. The van der Waals surface area contributed by atoms with E-state index in [1.165, 1.54) is 4.31 Å². The molecule has 0 radical (unpaired) electrons. The number of carbonyl (C=O) groups excluding carboxylic acids is 1. The van der Waals surface area contributed by atoms with Gasteiger partial charge in [0.2, 0.25) is 10.0 Å². The first-order chi connectivity index (χ1) is 13.0. The number of rotatable bonds is 4. The summed E-state index contributed by atoms with van der Waals surface area (Å²) in [4.78, 5) is 13.1. The maximum absolute atomic E-state index is 13.1. The number of carbonyl (C=O) groups is 1. The number of aryl methyl sites for hydroxylation is 1. The SMILES string of the molecule is Cc1ccc(N2[C@@H](c3ccccc3)[C@H](C(=O)c3ccccc3)S2(=O)=O)cc1. The van der Waals surface area contributed by atoms with E-state index in [-0.39, 0.29) is 5.78 Å². The Morgan fingerprint density at radius 2 is 1.37 bits per heavy atom. The van der Waals surface area contributed by atoms with Crippen LogP contribution in [0.4, 0.5) is 5.69 Å². The molecular weight excluding hydrogens is 358 g/mol. The molecule has 0 N–H and O–H groups in total. The highest BCUT2D eigenvalue weighted by atomic mass is 32.2. The van der Waals surface area contributed by atoms with Crippen LogP contribution in [0, 0.1) is 6.92 Å². The zero-order valence-corrected chi connectivity index (χ0v) is 15.6. The van der Waals surface area contributed by atoms with E-state index in [2.05, 4.69) is 0 Å². The van der Waals surface area contributed by atoms with Crippen molar-refractivity contribution >= 4 is 21.5 Å². The molecule has 1 heterocycles. The molecule has 4 rings (SSSR count). The molecule has 136 valence electrons. The lowest BCUT2D eigenvalue weighted by Crippen LogP contribution is -2.61. The van der Waals surface area contributed by atoms with Gasteiger partial charge in [-0.2, -0.15) is 0 Å². The summed E-state index contributed by atoms with van der Waals surface area (Å²) in [6.45, 7) is 1.95. The summed E-state index contributed by atoms with van der Waals surface area (Å²) >= 11 is 0. The van der Waals surface area contributed by atoms with Crippen LogP contribution in [0.3, 0.4) is 0 Å². The molecule has 0 bridgehead atoms. The summed E-state index contributed by atoms with van der Waals surface area (Å²) in [5.74, 6) is -0.368. The summed E-state index contributed by atoms with van der Waals surface area (Å²) < 4.78 is 27.6. The van der Waals surface area contributed by atoms with Crippen molar-refractivity contribution in [2.24, 2.45) is 0 Å². The minimum atomic E-state index is -3.79. The third-order valence-corrected chi connectivity index (χ3v) is 6.98. The van der Waals surface area contributed by atoms with Crippen molar-refractivity contribution in [3.05, 3.63) is 102 Å². The molecule has 2 atom stereocenters. The molecule has 0 unspecified atom stereocenters. The van der Waals surface area contributed by atoms with E-state index >= 15 is 0 Å². The largest absolute Gasteiger partial charge is 0.293 e. The summed E-state index contributed by atoms with van der Waals surface area (Å²) in [6.07, 6.45) is 0. The highest BCUT2D eigenvalue weighted by Gasteiger charge is 2.58. The average Bonchev–Trinajstić information content (AvgIpc) is 2.69. The molecular formula is C22H19NO3S. The molecule has 0 spiro atoms. The van der Waals surface area contributed by atoms with Gasteiger partial charge in [0, 0.05) is 5.56 Å². The molecule has 27 heavy (non-hydrogen) atoms. The first-order valence-corrected chi connectivity index (χ1v) is 10.2. The monoisotopic (exact) mass is 377 g/mol. The number of sulfonamides is 1. The van der Waals surface area contributed by atoms with E-state index in [1.807, 2.05) is 49.4 Å². The first kappa shape index (κ1) is 17.5. The Hall–Kier alpha value is -2.92. The molecule has 3 aromatic rings. The minimum Gasteiger partial charge on any atom is -0.293 e. The van der Waals surface area contributed by atoms with Crippen LogP contribution < -0.4 is 4.31 Å². The number of hydrogen-bond acceptors (Lipinski definition) is 3. The van der Waals surface area contributed by atoms with Gasteiger partial charge in [-0.1, -0.05) is 78.4 Å². The van der Waals surface area contributed by atoms with Crippen molar-refractivity contribution in [1.29, 1.82) is 0 Å². The van der Waals surface area contributed by atoms with Crippen molar-refractivity contribution < 1.29 is 13.2 Å². The van der Waals surface area contributed by atoms with Gasteiger partial charge >= 0.3 is 0 Å². The van der Waals surface area contributed by atoms with E-state index in [1.54, 1.807) is 42.5 Å². The van der Waals surface area contributed by atoms with Crippen molar-refractivity contribution in [1.82, 2.24) is 0 Å². The van der Waals surface area contributed by atoms with Gasteiger partial charge in [0.25, 0.3) is 0 Å². The minimum absolute atomic E-state index is 0.368. The summed E-state index contributed by atoms with van der Waals surface area (Å²) in [5, 5.41) is -1.12. The standard InChI is InChI=1S/C22H19NO3S/c1-16-12-14-19(15-13-16)23-20(17-8-4-2-5-9-17)22(27(23,25)26)21(24)18-10-6-3-7-11-18/h2-15,20,22H,1H3/t20-,22+/m0/s1. The third-order valence-electron chi connectivity index (χ3n) is 4.88. The van der Waals surface area contributed by atoms with Crippen LogP contribution >= 0.6 is 0 Å². The van der Waals surface area contributed by atoms with Crippen molar-refractivity contribution in [3.8, 4) is 0 Å². The van der Waals surface area contributed by atoms with Gasteiger partial charge in [0.15, 0.2) is 11.0 Å². The molecule has 4 nitrogen and oxygen atoms in total. The lowest BCUT2D eigenvalue weighted by Gasteiger charge is -2.47. The molecule has 0 aromatic heterocycles. The van der Waals surface area contributed by atoms with Gasteiger partial charge in [0.1, 0.15) is 0 Å². The normalized spacial score (nSPS) is 20.7. The lowest BCUT2D eigenvalue weighted by atomic mass is 9.96. The number of benzene rings is 3. The number of anilines is 1. The van der Waals surface area contributed by atoms with E-state index in [0.29, 0.717) is 11.3 Å². The maximum Gasteiger partial charge on any atom is 0.248 e. The topological polar surface area (TPSA) is 54.5 Å². The molecule has 0 aliphatic carbocycles. The lowest BCUT2D eigenvalue weighted by molar-refractivity contribution is 0.0971. The highest BCUT2D eigenvalue weighted by molar-refractivity contribution is 7.95. The van der Waals surface area contributed by atoms with Crippen LogP contribution in [0.1, 0.15) is 27.5 Å². The van der Waals surface area contributed by atoms with E-state index in [9.17, 15) is 13.2 Å². The number of ketones is 1. The second-order valence-electron chi connectivity index (χ2n) is 6.68. The Labute approximate surface area is 159 Å². The second-order valence-corrected chi connectivity index (χ2v) is 8.61. The molecule has 3 aromatic carbocycles. The van der Waals surface area contributed by atoms with Crippen molar-refractivity contribution in [3.63, 3.8) is 0 Å². The third kappa shape index (κ3) is 2.94. The van der Waals surface area contributed by atoms with E-state index < -0.39 is 21.3 Å². The van der Waals surface area contributed by atoms with Gasteiger partial charge in [0.05, 0.1) is 11.7 Å². The van der Waals surface area contributed by atoms with Gasteiger partial charge in [-0.3, -0.25) is 9.10 Å². The van der Waals surface area contributed by atoms with Gasteiger partial charge in [-0.25, -0.2) is 8.42 Å². The summed E-state index contributed by atoms with van der Waals surface area (Å²) in [6, 6.07) is 24.7. The highest BCUT2D eigenvalue weighted by Crippen LogP contribution is 2.46. The fraction of sp³-hybridized carbons (Fsp3) is 0.136. The Bertz CT molecular complexity index is 1060. The smallest absolute Gasteiger partial charge is 0.248 e. The van der Waals surface area contributed by atoms with Crippen LogP contribution in [0.5, 0.6) is 0 Å². The zero-order valence-electron chi connectivity index (χ0n) is 14.8. The molecule has 1 saturated heterocycles. The van der Waals surface area contributed by atoms with Crippen LogP contribution in [0.25, 0.3) is 0 Å². The van der Waals surface area contributed by atoms with Crippen molar-refractivity contribution in [2.75, 3.05) is 4.31 Å². The summed E-state index contributed by atoms with van der Waals surface area (Å²) in [5.41, 5.74) is 2.84. The van der Waals surface area contributed by atoms with E-state index in [0.717, 1.165) is 11.1 Å².